The summed E-state index contributed by atoms with van der Waals surface area (Å²) < 4.78 is 11.2. The van der Waals surface area contributed by atoms with Crippen molar-refractivity contribution in [2.24, 2.45) is 5.10 Å². The summed E-state index contributed by atoms with van der Waals surface area (Å²) in [4.78, 5) is 11.7. The summed E-state index contributed by atoms with van der Waals surface area (Å²) in [6.45, 7) is -0.178. The number of phenolic OH excluding ortho intramolecular Hbond substituents is 1. The average molecular weight is 379 g/mol. The number of nitrogens with one attached hydrogen (secondary N) is 1. The molecule has 0 atom stereocenters. The van der Waals surface area contributed by atoms with Gasteiger partial charge in [0.05, 0.1) is 17.8 Å². The van der Waals surface area contributed by atoms with E-state index >= 15 is 0 Å². The number of methoxy groups -OCH3 is 1. The summed E-state index contributed by atoms with van der Waals surface area (Å²) in [5, 5.41) is 13.1. The number of benzene rings is 2. The zero-order chi connectivity index (χ0) is 16.7. The molecule has 2 aromatic carbocycles. The van der Waals surface area contributed by atoms with Crippen LogP contribution in [0, 0.1) is 0 Å². The van der Waals surface area contributed by atoms with Crippen LogP contribution >= 0.6 is 15.9 Å². The Kier molecular flexibility index (Phi) is 5.99. The fourth-order valence-electron chi connectivity index (χ4n) is 1.69. The van der Waals surface area contributed by atoms with E-state index in [0.29, 0.717) is 21.5 Å². The van der Waals surface area contributed by atoms with Gasteiger partial charge in [-0.2, -0.15) is 5.10 Å². The largest absolute Gasteiger partial charge is 0.508 e. The molecule has 0 aliphatic heterocycles. The van der Waals surface area contributed by atoms with Gasteiger partial charge in [0.2, 0.25) is 0 Å². The quantitative estimate of drug-likeness (QED) is 0.598. The first-order valence-corrected chi connectivity index (χ1v) is 7.45. The Morgan fingerprint density at radius 3 is 2.87 bits per heavy atom. The van der Waals surface area contributed by atoms with E-state index in [2.05, 4.69) is 26.5 Å². The van der Waals surface area contributed by atoms with Crippen molar-refractivity contribution in [1.29, 1.82) is 0 Å². The first kappa shape index (κ1) is 16.8. The van der Waals surface area contributed by atoms with E-state index in [1.54, 1.807) is 43.5 Å². The van der Waals surface area contributed by atoms with Gasteiger partial charge < -0.3 is 14.6 Å². The van der Waals surface area contributed by atoms with E-state index in [4.69, 9.17) is 9.47 Å². The molecule has 6 nitrogen and oxygen atoms in total. The van der Waals surface area contributed by atoms with Crippen LogP contribution < -0.4 is 14.9 Å². The Balaban J connectivity index is 1.83. The molecule has 2 rings (SSSR count). The first-order valence-electron chi connectivity index (χ1n) is 6.66. The molecule has 0 bridgehead atoms. The van der Waals surface area contributed by atoms with E-state index in [1.807, 2.05) is 0 Å². The third-order valence-electron chi connectivity index (χ3n) is 2.77. The van der Waals surface area contributed by atoms with Gasteiger partial charge >= 0.3 is 0 Å². The maximum Gasteiger partial charge on any atom is 0.277 e. The number of hydrogen-bond donors (Lipinski definition) is 2. The second-order valence-electron chi connectivity index (χ2n) is 4.47. The van der Waals surface area contributed by atoms with Gasteiger partial charge in [-0.05, 0) is 51.8 Å². The molecule has 23 heavy (non-hydrogen) atoms. The Morgan fingerprint density at radius 2 is 2.17 bits per heavy atom. The highest BCUT2D eigenvalue weighted by molar-refractivity contribution is 9.10. The van der Waals surface area contributed by atoms with Gasteiger partial charge in [-0.15, -0.1) is 0 Å². The number of halogens is 1. The average Bonchev–Trinajstić information content (AvgIpc) is 2.53. The zero-order valence-corrected chi connectivity index (χ0v) is 13.9. The van der Waals surface area contributed by atoms with Crippen molar-refractivity contribution in [3.8, 4) is 17.2 Å². The third kappa shape index (κ3) is 5.30. The lowest BCUT2D eigenvalue weighted by Crippen LogP contribution is -2.24. The van der Waals surface area contributed by atoms with Crippen molar-refractivity contribution < 1.29 is 19.4 Å². The fraction of sp³-hybridized carbons (Fsp3) is 0.125. The molecule has 0 unspecified atom stereocenters. The number of carbonyl (C=O) groups is 1. The molecule has 0 aliphatic carbocycles. The van der Waals surface area contributed by atoms with Crippen LogP contribution in [0.4, 0.5) is 0 Å². The van der Waals surface area contributed by atoms with Crippen LogP contribution in [0.2, 0.25) is 0 Å². The van der Waals surface area contributed by atoms with Crippen molar-refractivity contribution in [2.45, 2.75) is 0 Å². The lowest BCUT2D eigenvalue weighted by Gasteiger charge is -2.08. The van der Waals surface area contributed by atoms with Crippen LogP contribution in [-0.2, 0) is 4.79 Å². The molecule has 0 saturated heterocycles. The highest BCUT2D eigenvalue weighted by Crippen LogP contribution is 2.28. The minimum absolute atomic E-state index is 0.132. The van der Waals surface area contributed by atoms with Crippen LogP contribution in [0.1, 0.15) is 5.56 Å². The van der Waals surface area contributed by atoms with Crippen molar-refractivity contribution in [3.05, 3.63) is 52.5 Å². The number of ether oxygens (including phenoxy) is 2. The van der Waals surface area contributed by atoms with Crippen LogP contribution in [0.25, 0.3) is 0 Å². The summed E-state index contributed by atoms with van der Waals surface area (Å²) in [6, 6.07) is 11.7. The molecule has 0 fully saturated rings. The molecular weight excluding hydrogens is 364 g/mol. The number of nitrogens with zero attached hydrogens (tertiary/aromatic N) is 1. The van der Waals surface area contributed by atoms with Gasteiger partial charge in [0.15, 0.2) is 6.61 Å². The molecule has 2 aromatic rings. The molecular formula is C16H15BrN2O4. The molecule has 120 valence electrons. The number of hydrazone groups is 1. The molecule has 0 radical (unpaired) electrons. The molecule has 0 aromatic heterocycles. The molecule has 0 spiro atoms. The van der Waals surface area contributed by atoms with Crippen molar-refractivity contribution in [1.82, 2.24) is 5.43 Å². The normalized spacial score (nSPS) is 10.5. The maximum atomic E-state index is 11.7. The molecule has 2 N–H and O–H groups in total. The van der Waals surface area contributed by atoms with Crippen LogP contribution in [0.3, 0.4) is 0 Å². The van der Waals surface area contributed by atoms with E-state index in [9.17, 15) is 9.90 Å². The predicted molar refractivity (Wildman–Crippen MR) is 90.0 cm³/mol. The third-order valence-corrected chi connectivity index (χ3v) is 3.39. The fourth-order valence-corrected chi connectivity index (χ4v) is 2.16. The maximum absolute atomic E-state index is 11.7. The van der Waals surface area contributed by atoms with Gasteiger partial charge in [0.1, 0.15) is 17.2 Å². The number of hydrogen-bond acceptors (Lipinski definition) is 5. The van der Waals surface area contributed by atoms with E-state index in [0.717, 1.165) is 0 Å². The Hall–Kier alpha value is -2.54. The second-order valence-corrected chi connectivity index (χ2v) is 5.33. The van der Waals surface area contributed by atoms with Gasteiger partial charge in [-0.25, -0.2) is 5.43 Å². The number of phenols is 1. The highest BCUT2D eigenvalue weighted by atomic mass is 79.9. The predicted octanol–water partition coefficient (Wildman–Crippen LogP) is 2.69. The Morgan fingerprint density at radius 1 is 1.35 bits per heavy atom. The van der Waals surface area contributed by atoms with Crippen molar-refractivity contribution in [3.63, 3.8) is 0 Å². The molecule has 1 amide bonds. The molecule has 0 saturated carbocycles. The van der Waals surface area contributed by atoms with E-state index in [1.165, 1.54) is 12.3 Å². The number of aromatic hydroxyl groups is 1. The lowest BCUT2D eigenvalue weighted by molar-refractivity contribution is -0.123. The summed E-state index contributed by atoms with van der Waals surface area (Å²) in [5.74, 6) is 0.944. The zero-order valence-electron chi connectivity index (χ0n) is 12.3. The van der Waals surface area contributed by atoms with Crippen molar-refractivity contribution in [2.75, 3.05) is 13.7 Å². The summed E-state index contributed by atoms with van der Waals surface area (Å²) in [7, 11) is 1.57. The number of carbonyl (C=O) groups excluding carboxylic acids is 1. The first-order chi connectivity index (χ1) is 11.1. The molecule has 0 heterocycles. The summed E-state index contributed by atoms with van der Waals surface area (Å²) >= 11 is 3.34. The topological polar surface area (TPSA) is 80.2 Å². The number of rotatable bonds is 6. The standard InChI is InChI=1S/C16H15BrN2O4/c1-22-13-5-6-15(14(17)8-13)23-10-16(21)19-18-9-11-3-2-4-12(20)7-11/h2-9,20H,10H2,1H3,(H,19,21)/b18-9+. The van der Waals surface area contributed by atoms with Gasteiger partial charge in [-0.1, -0.05) is 12.1 Å². The molecule has 7 heteroatoms. The second kappa shape index (κ2) is 8.19. The monoisotopic (exact) mass is 378 g/mol. The SMILES string of the molecule is COc1ccc(OCC(=O)N/N=C/c2cccc(O)c2)c(Br)c1. The highest BCUT2D eigenvalue weighted by Gasteiger charge is 2.06. The lowest BCUT2D eigenvalue weighted by atomic mass is 10.2. The van der Waals surface area contributed by atoms with E-state index < -0.39 is 5.91 Å². The van der Waals surface area contributed by atoms with E-state index in [-0.39, 0.29) is 12.4 Å². The van der Waals surface area contributed by atoms with Crippen LogP contribution in [0.5, 0.6) is 17.2 Å². The Labute approximate surface area is 141 Å². The summed E-state index contributed by atoms with van der Waals surface area (Å²) in [5.41, 5.74) is 3.02. The van der Waals surface area contributed by atoms with Gasteiger partial charge in [-0.3, -0.25) is 4.79 Å². The minimum atomic E-state index is -0.399. The van der Waals surface area contributed by atoms with Gasteiger partial charge in [0.25, 0.3) is 5.91 Å². The minimum Gasteiger partial charge on any atom is -0.508 e. The van der Waals surface area contributed by atoms with Crippen LogP contribution in [0.15, 0.2) is 52.0 Å². The van der Waals surface area contributed by atoms with Gasteiger partial charge in [0, 0.05) is 0 Å². The van der Waals surface area contributed by atoms with Crippen LogP contribution in [-0.4, -0.2) is 30.9 Å². The Bertz CT molecular complexity index is 719. The number of amides is 1. The molecule has 0 aliphatic rings. The van der Waals surface area contributed by atoms with Crippen molar-refractivity contribution >= 4 is 28.1 Å². The smallest absolute Gasteiger partial charge is 0.277 e. The summed E-state index contributed by atoms with van der Waals surface area (Å²) in [6.07, 6.45) is 1.43.